The van der Waals surface area contributed by atoms with Gasteiger partial charge in [0.15, 0.2) is 0 Å². The molecule has 47 heavy (non-hydrogen) atoms. The first-order valence-electron chi connectivity index (χ1n) is 19.6. The van der Waals surface area contributed by atoms with E-state index in [-0.39, 0.29) is 35.6 Å². The number of hydrogen-bond donors (Lipinski definition) is 2. The molecule has 5 rings (SSSR count). The highest BCUT2D eigenvalue weighted by Crippen LogP contribution is 2.66. The van der Waals surface area contributed by atoms with Crippen LogP contribution in [0, 0.1) is 52.3 Å². The Hall–Kier alpha value is -1.43. The van der Waals surface area contributed by atoms with Crippen molar-refractivity contribution in [3.8, 4) is 0 Å². The topological polar surface area (TPSA) is 76.0 Å². The van der Waals surface area contributed by atoms with Crippen molar-refractivity contribution in [2.75, 3.05) is 0 Å². The van der Waals surface area contributed by atoms with Gasteiger partial charge in [0.2, 0.25) is 0 Å². The standard InChI is InChI=1S/C40H64O5.C2H6/c1-9-35-38(43)31(37(42)27(6)44-35)11-10-12-36(41)45-29-19-21-39(7)28(23-29)15-16-30-33-18-17-32(40(33,8)22-20-34(30)39)26(5)14-13-25(4)24(2)3;1-2/h13-16,24-27,29,31-35,37-38,42-43H,9-12,17-23H2,1-8H3;1-2H3/b14-13+;/t25-,26+,27?,29-,31?,32?,33?,34?,35?,37?,38?,39-,40+;/m0./s1. The molecule has 0 bridgehead atoms. The van der Waals surface area contributed by atoms with Crippen LogP contribution >= 0.6 is 0 Å². The maximum Gasteiger partial charge on any atom is 0.306 e. The Labute approximate surface area is 288 Å². The van der Waals surface area contributed by atoms with E-state index in [1.54, 1.807) is 5.57 Å². The number of aliphatic hydroxyl groups excluding tert-OH is 2. The minimum atomic E-state index is -0.711. The lowest BCUT2D eigenvalue weighted by Gasteiger charge is -2.55. The van der Waals surface area contributed by atoms with Crippen LogP contribution in [0.2, 0.25) is 0 Å². The number of ether oxygens (including phenoxy) is 2. The zero-order chi connectivity index (χ0) is 34.7. The average molecular weight is 655 g/mol. The number of fused-ring (bicyclic) bond motifs is 5. The van der Waals surface area contributed by atoms with Gasteiger partial charge in [-0.25, -0.2) is 0 Å². The van der Waals surface area contributed by atoms with Crippen LogP contribution in [0.5, 0.6) is 0 Å². The molecule has 1 heterocycles. The van der Waals surface area contributed by atoms with Crippen LogP contribution in [0.3, 0.4) is 0 Å². The number of carbonyl (C=O) groups is 1. The summed E-state index contributed by atoms with van der Waals surface area (Å²) in [5.74, 6) is 3.58. The van der Waals surface area contributed by atoms with Gasteiger partial charge in [0.25, 0.3) is 0 Å². The van der Waals surface area contributed by atoms with Crippen LogP contribution in [-0.4, -0.2) is 46.7 Å². The van der Waals surface area contributed by atoms with Crippen LogP contribution in [0.4, 0.5) is 0 Å². The molecule has 13 atom stereocenters. The van der Waals surface area contributed by atoms with Crippen LogP contribution in [0.1, 0.15) is 140 Å². The number of aliphatic hydroxyl groups is 2. The maximum atomic E-state index is 12.9. The molecule has 0 aromatic rings. The molecule has 0 spiro atoms. The second-order valence-corrected chi connectivity index (χ2v) is 16.6. The molecule has 0 aromatic carbocycles. The molecule has 1 aliphatic heterocycles. The lowest BCUT2D eigenvalue weighted by molar-refractivity contribution is -0.196. The Balaban J connectivity index is 0.00000245. The van der Waals surface area contributed by atoms with E-state index in [0.29, 0.717) is 60.7 Å². The molecule has 5 nitrogen and oxygen atoms in total. The van der Waals surface area contributed by atoms with E-state index in [0.717, 1.165) is 25.2 Å². The van der Waals surface area contributed by atoms with Crippen molar-refractivity contribution >= 4 is 5.97 Å². The molecule has 3 saturated carbocycles. The van der Waals surface area contributed by atoms with Crippen LogP contribution < -0.4 is 0 Å². The Morgan fingerprint density at radius 1 is 1.00 bits per heavy atom. The van der Waals surface area contributed by atoms with Crippen LogP contribution in [-0.2, 0) is 14.3 Å². The summed E-state index contributed by atoms with van der Waals surface area (Å²) in [6.07, 6.45) is 18.2. The smallest absolute Gasteiger partial charge is 0.306 e. The van der Waals surface area contributed by atoms with Gasteiger partial charge in [0.05, 0.1) is 24.4 Å². The fourth-order valence-electron chi connectivity index (χ4n) is 10.3. The van der Waals surface area contributed by atoms with Gasteiger partial charge in [-0.2, -0.15) is 0 Å². The molecule has 1 saturated heterocycles. The predicted octanol–water partition coefficient (Wildman–Crippen LogP) is 9.61. The highest BCUT2D eigenvalue weighted by atomic mass is 16.5. The first-order valence-corrected chi connectivity index (χ1v) is 19.6. The summed E-state index contributed by atoms with van der Waals surface area (Å²) in [4.78, 5) is 12.9. The third-order valence-electron chi connectivity index (χ3n) is 13.8. The molecule has 5 aliphatic rings. The summed E-state index contributed by atoms with van der Waals surface area (Å²) < 4.78 is 11.8. The molecule has 2 N–H and O–H groups in total. The maximum absolute atomic E-state index is 12.9. The van der Waals surface area contributed by atoms with Gasteiger partial charge in [-0.3, -0.25) is 4.79 Å². The molecule has 268 valence electrons. The molecule has 8 unspecified atom stereocenters. The average Bonchev–Trinajstić information content (AvgIpc) is 3.41. The Kier molecular flexibility index (Phi) is 13.1. The summed E-state index contributed by atoms with van der Waals surface area (Å²) >= 11 is 0. The third kappa shape index (κ3) is 7.83. The monoisotopic (exact) mass is 655 g/mol. The number of carbonyl (C=O) groups excluding carboxylic acids is 1. The summed E-state index contributed by atoms with van der Waals surface area (Å²) in [5, 5.41) is 21.3. The third-order valence-corrected chi connectivity index (χ3v) is 13.8. The molecule has 4 fully saturated rings. The number of rotatable bonds is 10. The minimum absolute atomic E-state index is 0.0545. The Morgan fingerprint density at radius 2 is 1.72 bits per heavy atom. The molecule has 0 radical (unpaired) electrons. The lowest BCUT2D eigenvalue weighted by Crippen LogP contribution is -2.52. The van der Waals surface area contributed by atoms with Gasteiger partial charge >= 0.3 is 5.97 Å². The molecular weight excluding hydrogens is 584 g/mol. The number of allylic oxidation sites excluding steroid dienone is 5. The highest BCUT2D eigenvalue weighted by Gasteiger charge is 2.57. The van der Waals surface area contributed by atoms with Crippen molar-refractivity contribution in [1.29, 1.82) is 0 Å². The van der Waals surface area contributed by atoms with Gasteiger partial charge in [-0.1, -0.05) is 97.8 Å². The van der Waals surface area contributed by atoms with Crippen molar-refractivity contribution in [1.82, 2.24) is 0 Å². The van der Waals surface area contributed by atoms with Gasteiger partial charge in [0, 0.05) is 18.8 Å². The molecule has 0 amide bonds. The summed E-state index contributed by atoms with van der Waals surface area (Å²) in [6.45, 7) is 22.4. The zero-order valence-electron chi connectivity index (χ0n) is 31.6. The first-order chi connectivity index (χ1) is 22.3. The summed E-state index contributed by atoms with van der Waals surface area (Å²) in [7, 11) is 0. The second kappa shape index (κ2) is 16.1. The normalized spacial score (nSPS) is 41.1. The van der Waals surface area contributed by atoms with Gasteiger partial charge in [-0.15, -0.1) is 0 Å². The van der Waals surface area contributed by atoms with Gasteiger partial charge in [-0.05, 0) is 111 Å². The van der Waals surface area contributed by atoms with E-state index in [2.05, 4.69) is 65.8 Å². The van der Waals surface area contributed by atoms with Gasteiger partial charge in [0.1, 0.15) is 6.10 Å². The first kappa shape index (κ1) is 38.4. The molecule has 4 aliphatic carbocycles. The molecule has 0 aromatic heterocycles. The largest absolute Gasteiger partial charge is 0.462 e. The van der Waals surface area contributed by atoms with E-state index < -0.39 is 12.2 Å². The van der Waals surface area contributed by atoms with E-state index in [1.165, 1.54) is 31.3 Å². The van der Waals surface area contributed by atoms with Crippen LogP contribution in [0.15, 0.2) is 35.5 Å². The van der Waals surface area contributed by atoms with Crippen molar-refractivity contribution in [3.05, 3.63) is 35.5 Å². The fourth-order valence-corrected chi connectivity index (χ4v) is 10.3. The van der Waals surface area contributed by atoms with E-state index >= 15 is 0 Å². The lowest BCUT2D eigenvalue weighted by atomic mass is 9.50. The highest BCUT2D eigenvalue weighted by molar-refractivity contribution is 5.69. The number of esters is 1. The van der Waals surface area contributed by atoms with E-state index in [1.807, 2.05) is 27.7 Å². The SMILES string of the molecule is CC.CCC1OC(C)C(O)C(CCCC(=O)O[C@H]2CC[C@@]3(C)C(=CC=C4C5CCC([C@H](C)/C=C/[C@H](C)C(C)C)[C@@]5(C)CCC43)C2)C1O. The second-order valence-electron chi connectivity index (χ2n) is 16.6. The summed E-state index contributed by atoms with van der Waals surface area (Å²) in [5.41, 5.74) is 3.75. The zero-order valence-corrected chi connectivity index (χ0v) is 31.6. The Bertz CT molecular complexity index is 1140. The number of hydrogen-bond acceptors (Lipinski definition) is 5. The quantitative estimate of drug-likeness (QED) is 0.181. The predicted molar refractivity (Wildman–Crippen MR) is 193 cm³/mol. The van der Waals surface area contributed by atoms with Gasteiger partial charge < -0.3 is 19.7 Å². The summed E-state index contributed by atoms with van der Waals surface area (Å²) in [6, 6.07) is 0. The van der Waals surface area contributed by atoms with Crippen molar-refractivity contribution in [2.45, 2.75) is 170 Å². The Morgan fingerprint density at radius 3 is 2.40 bits per heavy atom. The van der Waals surface area contributed by atoms with Crippen molar-refractivity contribution in [2.24, 2.45) is 52.3 Å². The van der Waals surface area contributed by atoms with Crippen molar-refractivity contribution in [3.63, 3.8) is 0 Å². The fraction of sp³-hybridized carbons (Fsp3) is 0.833. The van der Waals surface area contributed by atoms with E-state index in [4.69, 9.17) is 9.47 Å². The van der Waals surface area contributed by atoms with Crippen molar-refractivity contribution < 1.29 is 24.5 Å². The molecular formula is C42H70O5. The van der Waals surface area contributed by atoms with Crippen LogP contribution in [0.25, 0.3) is 0 Å². The molecule has 5 heteroatoms. The van der Waals surface area contributed by atoms with E-state index in [9.17, 15) is 15.0 Å². The minimum Gasteiger partial charge on any atom is -0.462 e.